The number of aliphatic hydroxyl groups is 1. The van der Waals surface area contributed by atoms with Crippen LogP contribution in [0.1, 0.15) is 38.9 Å². The first-order valence-corrected chi connectivity index (χ1v) is 7.85. The van der Waals surface area contributed by atoms with Gasteiger partial charge in [-0.05, 0) is 33.1 Å². The number of aromatic nitrogens is 2. The summed E-state index contributed by atoms with van der Waals surface area (Å²) in [4.78, 5) is 11.3. The van der Waals surface area contributed by atoms with Crippen LogP contribution in [0, 0.1) is 0 Å². The number of aliphatic hydroxyl groups excluding tert-OH is 1. The van der Waals surface area contributed by atoms with E-state index in [1.54, 1.807) is 0 Å². The standard InChI is InChI=1S/C15H26N4O2/c1-3-16-13-10-15(18-14(17-13)11-21-4-2)19(8-9-20)12-6-5-7-12/h10,12,20H,3-9,11H2,1-2H3,(H,16,17,18). The molecule has 1 heterocycles. The molecule has 2 rings (SSSR count). The van der Waals surface area contributed by atoms with Gasteiger partial charge in [0.05, 0.1) is 6.61 Å². The zero-order valence-corrected chi connectivity index (χ0v) is 13.0. The van der Waals surface area contributed by atoms with E-state index in [2.05, 4.69) is 20.2 Å². The van der Waals surface area contributed by atoms with Gasteiger partial charge in [-0.25, -0.2) is 9.97 Å². The fourth-order valence-corrected chi connectivity index (χ4v) is 2.45. The molecule has 1 aliphatic rings. The normalized spacial score (nSPS) is 14.8. The topological polar surface area (TPSA) is 70.5 Å². The highest BCUT2D eigenvalue weighted by atomic mass is 16.5. The molecule has 1 fully saturated rings. The van der Waals surface area contributed by atoms with Gasteiger partial charge in [-0.3, -0.25) is 0 Å². The van der Waals surface area contributed by atoms with Gasteiger partial charge in [-0.1, -0.05) is 0 Å². The molecule has 2 N–H and O–H groups in total. The molecule has 0 radical (unpaired) electrons. The van der Waals surface area contributed by atoms with Gasteiger partial charge in [0, 0.05) is 31.8 Å². The van der Waals surface area contributed by atoms with Gasteiger partial charge in [0.1, 0.15) is 18.2 Å². The third-order valence-corrected chi connectivity index (χ3v) is 3.70. The van der Waals surface area contributed by atoms with Crippen LogP contribution in [0.2, 0.25) is 0 Å². The summed E-state index contributed by atoms with van der Waals surface area (Å²) < 4.78 is 5.43. The molecule has 1 aliphatic carbocycles. The highest BCUT2D eigenvalue weighted by molar-refractivity contribution is 5.50. The monoisotopic (exact) mass is 294 g/mol. The van der Waals surface area contributed by atoms with Crippen LogP contribution in [0.15, 0.2) is 6.07 Å². The summed E-state index contributed by atoms with van der Waals surface area (Å²) >= 11 is 0. The van der Waals surface area contributed by atoms with Crippen molar-refractivity contribution >= 4 is 11.6 Å². The smallest absolute Gasteiger partial charge is 0.158 e. The van der Waals surface area contributed by atoms with E-state index in [1.807, 2.05) is 19.9 Å². The van der Waals surface area contributed by atoms with E-state index >= 15 is 0 Å². The molecule has 1 aromatic rings. The molecule has 0 aliphatic heterocycles. The van der Waals surface area contributed by atoms with Crippen LogP contribution in [0.5, 0.6) is 0 Å². The van der Waals surface area contributed by atoms with Gasteiger partial charge >= 0.3 is 0 Å². The van der Waals surface area contributed by atoms with Crippen molar-refractivity contribution in [2.75, 3.05) is 36.5 Å². The lowest BCUT2D eigenvalue weighted by Crippen LogP contribution is -2.42. The van der Waals surface area contributed by atoms with Gasteiger partial charge in [0.25, 0.3) is 0 Å². The third-order valence-electron chi connectivity index (χ3n) is 3.70. The van der Waals surface area contributed by atoms with E-state index in [0.29, 0.717) is 31.6 Å². The molecule has 6 nitrogen and oxygen atoms in total. The molecular formula is C15H26N4O2. The number of hydrogen-bond acceptors (Lipinski definition) is 6. The van der Waals surface area contributed by atoms with Crippen molar-refractivity contribution < 1.29 is 9.84 Å². The molecule has 0 unspecified atom stereocenters. The molecule has 0 atom stereocenters. The summed E-state index contributed by atoms with van der Waals surface area (Å²) in [6.07, 6.45) is 3.59. The van der Waals surface area contributed by atoms with Crippen LogP contribution in [0.4, 0.5) is 11.6 Å². The predicted molar refractivity (Wildman–Crippen MR) is 83.6 cm³/mol. The molecule has 1 aromatic heterocycles. The quantitative estimate of drug-likeness (QED) is 0.723. The summed E-state index contributed by atoms with van der Waals surface area (Å²) in [5.41, 5.74) is 0. The number of ether oxygens (including phenoxy) is 1. The number of nitrogens with one attached hydrogen (secondary N) is 1. The maximum absolute atomic E-state index is 9.32. The Bertz CT molecular complexity index is 438. The number of nitrogens with zero attached hydrogens (tertiary/aromatic N) is 3. The lowest BCUT2D eigenvalue weighted by Gasteiger charge is -2.38. The fourth-order valence-electron chi connectivity index (χ4n) is 2.45. The highest BCUT2D eigenvalue weighted by Crippen LogP contribution is 2.29. The van der Waals surface area contributed by atoms with Crippen LogP contribution in [-0.4, -0.2) is 47.4 Å². The maximum Gasteiger partial charge on any atom is 0.158 e. The van der Waals surface area contributed by atoms with Gasteiger partial charge < -0.3 is 20.1 Å². The van der Waals surface area contributed by atoms with Crippen molar-refractivity contribution in [2.24, 2.45) is 0 Å². The predicted octanol–water partition coefficient (Wildman–Crippen LogP) is 1.80. The summed E-state index contributed by atoms with van der Waals surface area (Å²) in [6.45, 7) is 6.63. The molecule has 21 heavy (non-hydrogen) atoms. The first-order valence-electron chi connectivity index (χ1n) is 7.85. The van der Waals surface area contributed by atoms with E-state index in [0.717, 1.165) is 18.2 Å². The Labute approximate surface area is 126 Å². The van der Waals surface area contributed by atoms with Crippen molar-refractivity contribution in [2.45, 2.75) is 45.8 Å². The van der Waals surface area contributed by atoms with Crippen molar-refractivity contribution in [3.63, 3.8) is 0 Å². The molecular weight excluding hydrogens is 268 g/mol. The molecule has 0 saturated heterocycles. The second kappa shape index (κ2) is 8.14. The van der Waals surface area contributed by atoms with Crippen molar-refractivity contribution in [3.8, 4) is 0 Å². The lowest BCUT2D eigenvalue weighted by molar-refractivity contribution is 0.128. The molecule has 0 amide bonds. The Morgan fingerprint density at radius 3 is 2.76 bits per heavy atom. The van der Waals surface area contributed by atoms with Crippen LogP contribution >= 0.6 is 0 Å². The molecule has 118 valence electrons. The van der Waals surface area contributed by atoms with Crippen LogP contribution in [0.25, 0.3) is 0 Å². The molecule has 6 heteroatoms. The van der Waals surface area contributed by atoms with Gasteiger partial charge in [0.15, 0.2) is 5.82 Å². The van der Waals surface area contributed by atoms with Gasteiger partial charge in [-0.2, -0.15) is 0 Å². The van der Waals surface area contributed by atoms with Crippen molar-refractivity contribution in [1.29, 1.82) is 0 Å². The zero-order valence-electron chi connectivity index (χ0n) is 13.0. The van der Waals surface area contributed by atoms with Crippen LogP contribution in [-0.2, 0) is 11.3 Å². The van der Waals surface area contributed by atoms with Crippen LogP contribution in [0.3, 0.4) is 0 Å². The van der Waals surface area contributed by atoms with E-state index in [-0.39, 0.29) is 6.61 Å². The second-order valence-electron chi connectivity index (χ2n) is 5.20. The first kappa shape index (κ1) is 16.0. The number of anilines is 2. The zero-order chi connectivity index (χ0) is 15.1. The number of hydrogen-bond donors (Lipinski definition) is 2. The average Bonchev–Trinajstić information content (AvgIpc) is 2.43. The molecule has 1 saturated carbocycles. The Morgan fingerprint density at radius 1 is 1.38 bits per heavy atom. The minimum atomic E-state index is 0.137. The Kier molecular flexibility index (Phi) is 6.20. The van der Waals surface area contributed by atoms with E-state index in [4.69, 9.17) is 4.74 Å². The largest absolute Gasteiger partial charge is 0.395 e. The first-order chi connectivity index (χ1) is 10.3. The van der Waals surface area contributed by atoms with Crippen molar-refractivity contribution in [3.05, 3.63) is 11.9 Å². The summed E-state index contributed by atoms with van der Waals surface area (Å²) in [7, 11) is 0. The fraction of sp³-hybridized carbons (Fsp3) is 0.733. The molecule has 0 aromatic carbocycles. The SMILES string of the molecule is CCNc1cc(N(CCO)C2CCC2)nc(COCC)n1. The highest BCUT2D eigenvalue weighted by Gasteiger charge is 2.26. The van der Waals surface area contributed by atoms with Gasteiger partial charge in [-0.15, -0.1) is 0 Å². The average molecular weight is 294 g/mol. The molecule has 0 spiro atoms. The minimum absolute atomic E-state index is 0.137. The van der Waals surface area contributed by atoms with Crippen LogP contribution < -0.4 is 10.2 Å². The summed E-state index contributed by atoms with van der Waals surface area (Å²) in [5, 5.41) is 12.6. The third kappa shape index (κ3) is 4.28. The summed E-state index contributed by atoms with van der Waals surface area (Å²) in [5.74, 6) is 2.39. The van der Waals surface area contributed by atoms with Crippen molar-refractivity contribution in [1.82, 2.24) is 9.97 Å². The second-order valence-corrected chi connectivity index (χ2v) is 5.20. The minimum Gasteiger partial charge on any atom is -0.395 e. The number of rotatable bonds is 9. The lowest BCUT2D eigenvalue weighted by atomic mass is 9.91. The Hall–Kier alpha value is -1.40. The maximum atomic E-state index is 9.32. The summed E-state index contributed by atoms with van der Waals surface area (Å²) in [6, 6.07) is 2.45. The van der Waals surface area contributed by atoms with E-state index in [1.165, 1.54) is 19.3 Å². The van der Waals surface area contributed by atoms with Gasteiger partial charge in [0.2, 0.25) is 0 Å². The Balaban J connectivity index is 2.22. The van der Waals surface area contributed by atoms with E-state index in [9.17, 15) is 5.11 Å². The van der Waals surface area contributed by atoms with E-state index < -0.39 is 0 Å². The molecule has 0 bridgehead atoms. The Morgan fingerprint density at radius 2 is 2.19 bits per heavy atom.